The van der Waals surface area contributed by atoms with Gasteiger partial charge in [0.15, 0.2) is 12.4 Å². The zero-order valence-corrected chi connectivity index (χ0v) is 15.3. The summed E-state index contributed by atoms with van der Waals surface area (Å²) >= 11 is 0. The minimum absolute atomic E-state index is 0. The van der Waals surface area contributed by atoms with Crippen LogP contribution in [0.3, 0.4) is 0 Å². The number of aromatic nitrogens is 4. The van der Waals surface area contributed by atoms with Crippen LogP contribution in [0, 0.1) is 25.2 Å². The van der Waals surface area contributed by atoms with Crippen LogP contribution in [0.1, 0.15) is 22.3 Å². The Morgan fingerprint density at radius 1 is 1.27 bits per heavy atom. The fourth-order valence-electron chi connectivity index (χ4n) is 1.15. The fourth-order valence-corrected chi connectivity index (χ4v) is 1.15. The molecule has 0 aliphatic rings. The van der Waals surface area contributed by atoms with E-state index in [4.69, 9.17) is 18.0 Å². The van der Waals surface area contributed by atoms with Gasteiger partial charge >= 0.3 is 23.1 Å². The van der Waals surface area contributed by atoms with Gasteiger partial charge in [0.25, 0.3) is 0 Å². The normalized spacial score (nSPS) is 9.09. The average molecular weight is 376 g/mol. The maximum absolute atomic E-state index is 9.94. The molecule has 2 rings (SSSR count). The van der Waals surface area contributed by atoms with Crippen molar-refractivity contribution in [1.82, 2.24) is 19.1 Å². The summed E-state index contributed by atoms with van der Waals surface area (Å²) in [6.07, 6.45) is 20.3. The number of aryl methyl sites for hydroxylation is 2. The predicted molar refractivity (Wildman–Crippen MR) is 79.5 cm³/mol. The Morgan fingerprint density at radius 2 is 1.77 bits per heavy atom. The van der Waals surface area contributed by atoms with Gasteiger partial charge in [0.1, 0.15) is 5.69 Å². The first-order valence-electron chi connectivity index (χ1n) is 5.41. The Labute approximate surface area is 156 Å². The van der Waals surface area contributed by atoms with Crippen LogP contribution in [0.4, 0.5) is 0 Å². The molecule has 22 heavy (non-hydrogen) atoms. The molecule has 1 unspecified atom stereocenters. The summed E-state index contributed by atoms with van der Waals surface area (Å²) in [7, 11) is 3.64. The monoisotopic (exact) mass is 374 g/mol. The van der Waals surface area contributed by atoms with Gasteiger partial charge in [0, 0.05) is 26.5 Å². The number of hydrogen-bond donors (Lipinski definition) is 1. The molecule has 0 saturated carbocycles. The molecule has 112 valence electrons. The molecule has 0 amide bonds. The summed E-state index contributed by atoms with van der Waals surface area (Å²) in [5.41, 5.74) is 0.998. The van der Waals surface area contributed by atoms with E-state index in [-0.39, 0.29) is 40.0 Å². The topological polar surface area (TPSA) is 72.9 Å². The van der Waals surface area contributed by atoms with Crippen molar-refractivity contribution in [2.75, 3.05) is 0 Å². The number of aliphatic hydroxyl groups excluding tert-OH is 1. The third-order valence-corrected chi connectivity index (χ3v) is 2.01. The van der Waals surface area contributed by atoms with Crippen molar-refractivity contribution in [3.05, 3.63) is 42.9 Å². The van der Waals surface area contributed by atoms with Crippen molar-refractivity contribution in [3.8, 4) is 18.8 Å². The van der Waals surface area contributed by atoms with E-state index in [0.717, 1.165) is 6.29 Å². The number of imidazole rings is 2. The van der Waals surface area contributed by atoms with Crippen LogP contribution < -0.4 is 17.0 Å². The first-order chi connectivity index (χ1) is 9.56. The molecule has 0 bridgehead atoms. The molecular weight excluding hydrogens is 360 g/mol. The minimum Gasteiger partial charge on any atom is -1.00 e. The van der Waals surface area contributed by atoms with E-state index in [0.29, 0.717) is 11.4 Å². The second-order valence-electron chi connectivity index (χ2n) is 3.62. The number of hydrogen-bond acceptors (Lipinski definition) is 4. The summed E-state index contributed by atoms with van der Waals surface area (Å²) < 4.78 is 3.46. The van der Waals surface area contributed by atoms with Gasteiger partial charge in [0.05, 0.1) is 18.3 Å². The Morgan fingerprint density at radius 3 is 2.05 bits per heavy atom. The van der Waals surface area contributed by atoms with E-state index >= 15 is 0 Å². The first kappa shape index (κ1) is 25.4. The molecule has 2 aromatic heterocycles. The van der Waals surface area contributed by atoms with E-state index in [1.807, 2.05) is 14.1 Å². The van der Waals surface area contributed by atoms with Gasteiger partial charge in [-0.05, 0) is 0 Å². The zero-order chi connectivity index (χ0) is 15.5. The van der Waals surface area contributed by atoms with Gasteiger partial charge in [0.2, 0.25) is 0 Å². The van der Waals surface area contributed by atoms with Gasteiger partial charge in [-0.15, -0.1) is 6.42 Å². The molecule has 8 heteroatoms. The standard InChI is InChI=1S/C7H8N2O.C5H6N2O.C2H.BrH.Mg/c1-3-7(10)6-4-9(2)5-8-6;1-7-2-5(3-8)6-4-7;1-2;;/h1,4-5,7,10H,2H3;2-4H,1H3;1H;1H;/q;;-1;;+2/p-1. The third-order valence-electron chi connectivity index (χ3n) is 2.01. The minimum atomic E-state index is -0.874. The van der Waals surface area contributed by atoms with E-state index in [1.54, 1.807) is 34.2 Å². The van der Waals surface area contributed by atoms with E-state index in [1.165, 1.54) is 0 Å². The molecule has 0 radical (unpaired) electrons. The molecule has 6 nitrogen and oxygen atoms in total. The second kappa shape index (κ2) is 14.4. The molecule has 0 aliphatic heterocycles. The summed E-state index contributed by atoms with van der Waals surface area (Å²) in [6.45, 7) is 0. The molecule has 1 N–H and O–H groups in total. The molecule has 1 atom stereocenters. The third kappa shape index (κ3) is 9.37. The molecule has 0 spiro atoms. The van der Waals surface area contributed by atoms with Crippen molar-refractivity contribution in [2.24, 2.45) is 14.1 Å². The smallest absolute Gasteiger partial charge is 1.00 e. The number of halogens is 1. The Hall–Kier alpha value is -1.58. The molecule has 0 saturated heterocycles. The molecular formula is C14H15BrMgN4O2. The molecule has 0 aliphatic carbocycles. The largest absolute Gasteiger partial charge is 2.00 e. The summed E-state index contributed by atoms with van der Waals surface area (Å²) in [5.74, 6) is 2.17. The van der Waals surface area contributed by atoms with Crippen molar-refractivity contribution in [3.63, 3.8) is 0 Å². The van der Waals surface area contributed by atoms with Crippen molar-refractivity contribution in [1.29, 1.82) is 0 Å². The summed E-state index contributed by atoms with van der Waals surface area (Å²) in [5, 5.41) is 9.03. The van der Waals surface area contributed by atoms with Gasteiger partial charge < -0.3 is 44.1 Å². The van der Waals surface area contributed by atoms with Crippen molar-refractivity contribution in [2.45, 2.75) is 6.10 Å². The molecule has 0 aromatic carbocycles. The van der Waals surface area contributed by atoms with Gasteiger partial charge in [-0.1, -0.05) is 5.92 Å². The number of aldehydes is 1. The number of rotatable bonds is 2. The van der Waals surface area contributed by atoms with Crippen molar-refractivity contribution >= 4 is 29.3 Å². The maximum atomic E-state index is 9.94. The number of aliphatic hydroxyl groups is 1. The van der Waals surface area contributed by atoms with Crippen LogP contribution >= 0.6 is 0 Å². The Balaban J connectivity index is -0.000000276. The van der Waals surface area contributed by atoms with Gasteiger partial charge in [-0.25, -0.2) is 9.97 Å². The fraction of sp³-hybridized carbons (Fsp3) is 0.214. The molecule has 2 heterocycles. The predicted octanol–water partition coefficient (Wildman–Crippen LogP) is -2.85. The number of nitrogens with zero attached hydrogens (tertiary/aromatic N) is 4. The van der Waals surface area contributed by atoms with Crippen molar-refractivity contribution < 1.29 is 26.9 Å². The van der Waals surface area contributed by atoms with Gasteiger partial charge in [-0.2, -0.15) is 0 Å². The van der Waals surface area contributed by atoms with Gasteiger partial charge in [-0.3, -0.25) is 4.79 Å². The maximum Gasteiger partial charge on any atom is 2.00 e. The summed E-state index contributed by atoms with van der Waals surface area (Å²) in [4.78, 5) is 17.5. The number of carbonyl (C=O) groups excluding carboxylic acids is 1. The first-order valence-corrected chi connectivity index (χ1v) is 5.41. The van der Waals surface area contributed by atoms with E-state index in [2.05, 4.69) is 22.3 Å². The SMILES string of the molecule is C#CC(O)c1cn(C)cn1.Cn1cnc(C=O)c1.[Br-].[C-]#C.[Mg+2]. The number of terminal acetylenes is 2. The zero-order valence-electron chi connectivity index (χ0n) is 12.3. The van der Waals surface area contributed by atoms with Crippen LogP contribution in [-0.4, -0.2) is 53.5 Å². The van der Waals surface area contributed by atoms with Crippen LogP contribution in [0.15, 0.2) is 25.0 Å². The van der Waals surface area contributed by atoms with E-state index < -0.39 is 6.10 Å². The van der Waals surface area contributed by atoms with E-state index in [9.17, 15) is 4.79 Å². The summed E-state index contributed by atoms with van der Waals surface area (Å²) in [6, 6.07) is 0. The van der Waals surface area contributed by atoms with Crippen LogP contribution in [-0.2, 0) is 14.1 Å². The van der Waals surface area contributed by atoms with Crippen LogP contribution in [0.25, 0.3) is 0 Å². The Kier molecular flexibility index (Phi) is 16.6. The average Bonchev–Trinajstić information content (AvgIpc) is 3.09. The van der Waals surface area contributed by atoms with Crippen LogP contribution in [0.5, 0.6) is 0 Å². The molecule has 2 aromatic rings. The second-order valence-corrected chi connectivity index (χ2v) is 3.62. The molecule has 0 fully saturated rings. The van der Waals surface area contributed by atoms with Crippen LogP contribution in [0.2, 0.25) is 0 Å². The number of carbonyl (C=O) groups is 1. The quantitative estimate of drug-likeness (QED) is 0.265. The Bertz CT molecular complexity index is 601.